The fourth-order valence-corrected chi connectivity index (χ4v) is 6.66. The van der Waals surface area contributed by atoms with Crippen LogP contribution in [0.25, 0.3) is 0 Å². The van der Waals surface area contributed by atoms with Crippen LogP contribution in [0.3, 0.4) is 0 Å². The summed E-state index contributed by atoms with van der Waals surface area (Å²) < 4.78 is 34.7. The van der Waals surface area contributed by atoms with Crippen LogP contribution in [-0.4, -0.2) is 51.4 Å². The lowest BCUT2D eigenvalue weighted by atomic mass is 10.0. The Kier molecular flexibility index (Phi) is 12.3. The molecule has 47 heavy (non-hydrogen) atoms. The highest BCUT2D eigenvalue weighted by Gasteiger charge is 2.34. The van der Waals surface area contributed by atoms with Gasteiger partial charge in [0.25, 0.3) is 10.0 Å². The molecule has 0 aliphatic carbocycles. The van der Waals surface area contributed by atoms with Crippen molar-refractivity contribution in [3.05, 3.63) is 124 Å². The molecule has 4 rings (SSSR count). The van der Waals surface area contributed by atoms with Crippen LogP contribution in [0.2, 0.25) is 10.0 Å². The Labute approximate surface area is 287 Å². The number of halogens is 2. The molecule has 0 unspecified atom stereocenters. The third-order valence-corrected chi connectivity index (χ3v) is 10.1. The molecule has 0 bridgehead atoms. The fraction of sp³-hybridized carbons (Fsp3) is 0.278. The number of aryl methyl sites for hydroxylation is 1. The molecule has 0 saturated carbocycles. The molecule has 1 atom stereocenters. The predicted octanol–water partition coefficient (Wildman–Crippen LogP) is 6.92. The third-order valence-electron chi connectivity index (χ3n) is 7.54. The van der Waals surface area contributed by atoms with Crippen molar-refractivity contribution in [3.63, 3.8) is 0 Å². The topological polar surface area (TPSA) is 96.0 Å². The average molecular weight is 697 g/mol. The van der Waals surface area contributed by atoms with Gasteiger partial charge in [-0.1, -0.05) is 91.1 Å². The quantitative estimate of drug-likeness (QED) is 0.155. The van der Waals surface area contributed by atoms with Crippen LogP contribution >= 0.6 is 23.2 Å². The summed E-state index contributed by atoms with van der Waals surface area (Å²) in [5.74, 6) is -0.240. The van der Waals surface area contributed by atoms with Gasteiger partial charge in [0.2, 0.25) is 11.8 Å². The number of hydrogen-bond donors (Lipinski definition) is 1. The van der Waals surface area contributed by atoms with Gasteiger partial charge < -0.3 is 15.0 Å². The van der Waals surface area contributed by atoms with Gasteiger partial charge in [-0.05, 0) is 72.5 Å². The smallest absolute Gasteiger partial charge is 0.264 e. The molecule has 0 fully saturated rings. The first-order chi connectivity index (χ1) is 22.4. The van der Waals surface area contributed by atoms with Crippen LogP contribution in [0.5, 0.6) is 5.75 Å². The Balaban J connectivity index is 1.81. The lowest BCUT2D eigenvalue weighted by Gasteiger charge is -2.34. The maximum Gasteiger partial charge on any atom is 0.264 e. The molecule has 0 saturated heterocycles. The molecule has 0 aromatic heterocycles. The zero-order valence-corrected chi connectivity index (χ0v) is 29.1. The maximum absolute atomic E-state index is 14.6. The molecule has 0 radical (unpaired) electrons. The number of amides is 2. The number of anilines is 1. The van der Waals surface area contributed by atoms with Gasteiger partial charge in [0.15, 0.2) is 0 Å². The summed E-state index contributed by atoms with van der Waals surface area (Å²) in [5.41, 5.74) is 2.61. The number of carbonyl (C=O) groups excluding carboxylic acids is 2. The van der Waals surface area contributed by atoms with Gasteiger partial charge in [0.05, 0.1) is 27.7 Å². The van der Waals surface area contributed by atoms with Gasteiger partial charge in [-0.3, -0.25) is 13.9 Å². The zero-order chi connectivity index (χ0) is 34.1. The van der Waals surface area contributed by atoms with Crippen LogP contribution < -0.4 is 14.4 Å². The minimum Gasteiger partial charge on any atom is -0.497 e. The summed E-state index contributed by atoms with van der Waals surface area (Å²) in [4.78, 5) is 29.9. The van der Waals surface area contributed by atoms with E-state index in [0.29, 0.717) is 27.9 Å². The summed E-state index contributed by atoms with van der Waals surface area (Å²) in [7, 11) is -2.71. The fourth-order valence-electron chi connectivity index (χ4n) is 4.93. The molecule has 0 heterocycles. The molecule has 2 amide bonds. The minimum atomic E-state index is -4.22. The standard InChI is InChI=1S/C36H39Cl2N3O5S/c1-25(2)22-39-36(43)34(21-27-8-6-5-7-9-27)40(23-28-12-19-32(37)33(38)20-28)35(42)24-41(29-13-15-30(46-4)16-14-29)47(44,45)31-17-10-26(3)11-18-31/h5-20,25,34H,21-24H2,1-4H3,(H,39,43)/t34-/m0/s1. The molecule has 11 heteroatoms. The van der Waals surface area contributed by atoms with E-state index in [1.807, 2.05) is 51.1 Å². The van der Waals surface area contributed by atoms with E-state index in [1.165, 1.54) is 24.1 Å². The number of carbonyl (C=O) groups is 2. The molecular formula is C36H39Cl2N3O5S. The number of methoxy groups -OCH3 is 1. The number of benzene rings is 4. The van der Waals surface area contributed by atoms with Crippen molar-refractivity contribution in [2.45, 2.75) is 44.7 Å². The summed E-state index contributed by atoms with van der Waals surface area (Å²) in [5, 5.41) is 3.62. The van der Waals surface area contributed by atoms with Crippen LogP contribution in [0, 0.1) is 12.8 Å². The van der Waals surface area contributed by atoms with Crippen molar-refractivity contribution >= 4 is 50.7 Å². The highest BCUT2D eigenvalue weighted by molar-refractivity contribution is 7.92. The predicted molar refractivity (Wildman–Crippen MR) is 187 cm³/mol. The molecule has 4 aromatic carbocycles. The molecule has 0 aliphatic rings. The Morgan fingerprint density at radius 1 is 0.851 bits per heavy atom. The van der Waals surface area contributed by atoms with Gasteiger partial charge in [0, 0.05) is 19.5 Å². The van der Waals surface area contributed by atoms with E-state index in [-0.39, 0.29) is 35.4 Å². The number of sulfonamides is 1. The summed E-state index contributed by atoms with van der Waals surface area (Å²) in [6, 6.07) is 26.2. The molecule has 248 valence electrons. The number of ether oxygens (including phenoxy) is 1. The van der Waals surface area contributed by atoms with Gasteiger partial charge in [-0.2, -0.15) is 0 Å². The second-order valence-electron chi connectivity index (χ2n) is 11.6. The molecule has 0 spiro atoms. The van der Waals surface area contributed by atoms with Crippen molar-refractivity contribution in [2.24, 2.45) is 5.92 Å². The van der Waals surface area contributed by atoms with Crippen molar-refractivity contribution in [1.82, 2.24) is 10.2 Å². The normalized spacial score (nSPS) is 12.0. The van der Waals surface area contributed by atoms with E-state index >= 15 is 0 Å². The van der Waals surface area contributed by atoms with E-state index < -0.39 is 28.5 Å². The SMILES string of the molecule is COc1ccc(N(CC(=O)N(Cc2ccc(Cl)c(Cl)c2)[C@@H](Cc2ccccc2)C(=O)NCC(C)C)S(=O)(=O)c2ccc(C)cc2)cc1. The van der Waals surface area contributed by atoms with E-state index in [1.54, 1.807) is 54.6 Å². The van der Waals surface area contributed by atoms with Crippen LogP contribution in [0.1, 0.15) is 30.5 Å². The zero-order valence-electron chi connectivity index (χ0n) is 26.8. The Morgan fingerprint density at radius 3 is 2.11 bits per heavy atom. The summed E-state index contributed by atoms with van der Waals surface area (Å²) in [6.45, 7) is 5.62. The van der Waals surface area contributed by atoms with Crippen LogP contribution in [-0.2, 0) is 32.6 Å². The summed E-state index contributed by atoms with van der Waals surface area (Å²) >= 11 is 12.5. The van der Waals surface area contributed by atoms with Crippen molar-refractivity contribution in [2.75, 3.05) is 24.5 Å². The van der Waals surface area contributed by atoms with E-state index in [9.17, 15) is 18.0 Å². The second-order valence-corrected chi connectivity index (χ2v) is 14.3. The van der Waals surface area contributed by atoms with Crippen molar-refractivity contribution < 1.29 is 22.7 Å². The maximum atomic E-state index is 14.6. The summed E-state index contributed by atoms with van der Waals surface area (Å²) in [6.07, 6.45) is 0.199. The molecular weight excluding hydrogens is 657 g/mol. The Bertz CT molecular complexity index is 1770. The van der Waals surface area contributed by atoms with E-state index in [4.69, 9.17) is 27.9 Å². The van der Waals surface area contributed by atoms with Crippen LogP contribution in [0.15, 0.2) is 102 Å². The average Bonchev–Trinajstić information content (AvgIpc) is 3.06. The van der Waals surface area contributed by atoms with Gasteiger partial charge in [0.1, 0.15) is 18.3 Å². The first-order valence-electron chi connectivity index (χ1n) is 15.2. The lowest BCUT2D eigenvalue weighted by molar-refractivity contribution is -0.140. The minimum absolute atomic E-state index is 0.0245. The first kappa shape index (κ1) is 35.8. The number of rotatable bonds is 14. The van der Waals surface area contributed by atoms with Gasteiger partial charge >= 0.3 is 0 Å². The van der Waals surface area contributed by atoms with Gasteiger partial charge in [-0.25, -0.2) is 8.42 Å². The lowest BCUT2D eigenvalue weighted by Crippen LogP contribution is -2.53. The Morgan fingerprint density at radius 2 is 1.51 bits per heavy atom. The largest absolute Gasteiger partial charge is 0.497 e. The Hall–Kier alpha value is -4.05. The first-order valence-corrected chi connectivity index (χ1v) is 17.4. The molecule has 0 aliphatic heterocycles. The molecule has 1 N–H and O–H groups in total. The third kappa shape index (κ3) is 9.50. The van der Waals surface area contributed by atoms with Crippen molar-refractivity contribution in [3.8, 4) is 5.75 Å². The van der Waals surface area contributed by atoms with E-state index in [2.05, 4.69) is 5.32 Å². The van der Waals surface area contributed by atoms with Crippen LogP contribution in [0.4, 0.5) is 5.69 Å². The second kappa shape index (κ2) is 16.2. The number of nitrogens with zero attached hydrogens (tertiary/aromatic N) is 2. The highest BCUT2D eigenvalue weighted by atomic mass is 35.5. The van der Waals surface area contributed by atoms with Crippen molar-refractivity contribution in [1.29, 1.82) is 0 Å². The number of nitrogens with one attached hydrogen (secondary N) is 1. The number of hydrogen-bond acceptors (Lipinski definition) is 5. The molecule has 8 nitrogen and oxygen atoms in total. The van der Waals surface area contributed by atoms with E-state index in [0.717, 1.165) is 15.4 Å². The monoisotopic (exact) mass is 695 g/mol. The highest BCUT2D eigenvalue weighted by Crippen LogP contribution is 2.28. The molecule has 4 aromatic rings. The van der Waals surface area contributed by atoms with Gasteiger partial charge in [-0.15, -0.1) is 0 Å².